The summed E-state index contributed by atoms with van der Waals surface area (Å²) in [6.07, 6.45) is 1.25. The van der Waals surface area contributed by atoms with E-state index in [-0.39, 0.29) is 5.82 Å². The van der Waals surface area contributed by atoms with Gasteiger partial charge in [-0.1, -0.05) is 12.1 Å². The fourth-order valence-corrected chi connectivity index (χ4v) is 2.36. The topological polar surface area (TPSA) is 57.5 Å². The average molecular weight is 238 g/mol. The van der Waals surface area contributed by atoms with Crippen LogP contribution in [0.5, 0.6) is 0 Å². The first-order chi connectivity index (χ1) is 8.02. The Hall–Kier alpha value is -1.42. The molecule has 2 N–H and O–H groups in total. The maximum atomic E-state index is 12.7. The van der Waals surface area contributed by atoms with Gasteiger partial charge in [0.15, 0.2) is 0 Å². The van der Waals surface area contributed by atoms with Crippen LogP contribution in [0.1, 0.15) is 24.8 Å². The number of hydrogen-bond donors (Lipinski definition) is 2. The van der Waals surface area contributed by atoms with Gasteiger partial charge in [-0.05, 0) is 43.4 Å². The zero-order valence-electron chi connectivity index (χ0n) is 9.40. The Balaban J connectivity index is 1.97. The molecule has 0 radical (unpaired) electrons. The molecule has 3 nitrogen and oxygen atoms in total. The molecule has 0 aliphatic heterocycles. The van der Waals surface area contributed by atoms with E-state index in [0.29, 0.717) is 25.7 Å². The maximum absolute atomic E-state index is 12.7. The Labute approximate surface area is 98.9 Å². The SMILES string of the molecule is O=C(O)C1(CCc2ccc(F)cc2)CC(O)C1. The highest BCUT2D eigenvalue weighted by Crippen LogP contribution is 2.45. The lowest BCUT2D eigenvalue weighted by molar-refractivity contribution is -0.163. The molecule has 0 heterocycles. The molecule has 0 spiro atoms. The van der Waals surface area contributed by atoms with E-state index in [1.54, 1.807) is 12.1 Å². The first-order valence-corrected chi connectivity index (χ1v) is 5.68. The van der Waals surface area contributed by atoms with Crippen molar-refractivity contribution in [1.82, 2.24) is 0 Å². The molecule has 0 aromatic heterocycles. The Bertz CT molecular complexity index is 407. The number of aliphatic carboxylic acids is 1. The molecule has 1 aliphatic rings. The molecule has 0 amide bonds. The van der Waals surface area contributed by atoms with Crippen molar-refractivity contribution in [3.63, 3.8) is 0 Å². The minimum absolute atomic E-state index is 0.291. The van der Waals surface area contributed by atoms with Crippen LogP contribution in [0.2, 0.25) is 0 Å². The molecular formula is C13H15FO3. The highest BCUT2D eigenvalue weighted by Gasteiger charge is 2.49. The quantitative estimate of drug-likeness (QED) is 0.843. The molecule has 1 saturated carbocycles. The molecule has 0 unspecified atom stereocenters. The predicted octanol–water partition coefficient (Wildman–Crippen LogP) is 1.98. The Morgan fingerprint density at radius 2 is 1.94 bits per heavy atom. The molecule has 0 saturated heterocycles. The maximum Gasteiger partial charge on any atom is 0.309 e. The van der Waals surface area contributed by atoms with E-state index in [9.17, 15) is 14.3 Å². The van der Waals surface area contributed by atoms with Crippen LogP contribution in [0.4, 0.5) is 4.39 Å². The van der Waals surface area contributed by atoms with Crippen LogP contribution in [0, 0.1) is 11.2 Å². The van der Waals surface area contributed by atoms with Gasteiger partial charge in [0.2, 0.25) is 0 Å². The van der Waals surface area contributed by atoms with Gasteiger partial charge < -0.3 is 10.2 Å². The van der Waals surface area contributed by atoms with Gasteiger partial charge in [0.25, 0.3) is 0 Å². The second kappa shape index (κ2) is 4.45. The van der Waals surface area contributed by atoms with Crippen LogP contribution >= 0.6 is 0 Å². The number of carboxylic acid groups (broad SMARTS) is 1. The van der Waals surface area contributed by atoms with Crippen molar-refractivity contribution in [2.45, 2.75) is 31.8 Å². The van der Waals surface area contributed by atoms with Crippen LogP contribution in [-0.4, -0.2) is 22.3 Å². The van der Waals surface area contributed by atoms with E-state index in [2.05, 4.69) is 0 Å². The minimum Gasteiger partial charge on any atom is -0.481 e. The molecule has 4 heteroatoms. The smallest absolute Gasteiger partial charge is 0.309 e. The zero-order valence-corrected chi connectivity index (χ0v) is 9.40. The molecule has 1 aromatic rings. The first kappa shape index (κ1) is 12.0. The van der Waals surface area contributed by atoms with Crippen LogP contribution in [0.25, 0.3) is 0 Å². The van der Waals surface area contributed by atoms with Gasteiger partial charge >= 0.3 is 5.97 Å². The summed E-state index contributed by atoms with van der Waals surface area (Å²) >= 11 is 0. The second-order valence-corrected chi connectivity index (χ2v) is 4.77. The number of carboxylic acids is 1. The number of halogens is 1. The van der Waals surface area contributed by atoms with Crippen molar-refractivity contribution < 1.29 is 19.4 Å². The second-order valence-electron chi connectivity index (χ2n) is 4.77. The molecular weight excluding hydrogens is 223 g/mol. The van der Waals surface area contributed by atoms with Gasteiger partial charge in [-0.25, -0.2) is 4.39 Å². The highest BCUT2D eigenvalue weighted by atomic mass is 19.1. The highest BCUT2D eigenvalue weighted by molar-refractivity contribution is 5.76. The van der Waals surface area contributed by atoms with Crippen molar-refractivity contribution in [2.24, 2.45) is 5.41 Å². The van der Waals surface area contributed by atoms with Crippen molar-refractivity contribution >= 4 is 5.97 Å². The Morgan fingerprint density at radius 3 is 2.41 bits per heavy atom. The molecule has 0 atom stereocenters. The van der Waals surface area contributed by atoms with Gasteiger partial charge in [0.1, 0.15) is 5.82 Å². The first-order valence-electron chi connectivity index (χ1n) is 5.68. The van der Waals surface area contributed by atoms with Gasteiger partial charge in [0, 0.05) is 0 Å². The summed E-state index contributed by atoms with van der Waals surface area (Å²) in [7, 11) is 0. The summed E-state index contributed by atoms with van der Waals surface area (Å²) in [6.45, 7) is 0. The van der Waals surface area contributed by atoms with E-state index in [1.807, 2.05) is 0 Å². The number of aliphatic hydroxyl groups excluding tert-OH is 1. The molecule has 2 rings (SSSR count). The van der Waals surface area contributed by atoms with Crippen molar-refractivity contribution in [1.29, 1.82) is 0 Å². The predicted molar refractivity (Wildman–Crippen MR) is 60.0 cm³/mol. The molecule has 1 aliphatic carbocycles. The largest absolute Gasteiger partial charge is 0.481 e. The van der Waals surface area contributed by atoms with Crippen LogP contribution in [-0.2, 0) is 11.2 Å². The lowest BCUT2D eigenvalue weighted by atomic mass is 9.64. The third kappa shape index (κ3) is 2.47. The van der Waals surface area contributed by atoms with Gasteiger partial charge in [-0.2, -0.15) is 0 Å². The standard InChI is InChI=1S/C13H15FO3/c14-10-3-1-9(2-4-10)5-6-13(12(16)17)7-11(15)8-13/h1-4,11,15H,5-8H2,(H,16,17). The number of benzene rings is 1. The van der Waals surface area contributed by atoms with Crippen molar-refractivity contribution in [3.8, 4) is 0 Å². The number of hydrogen-bond acceptors (Lipinski definition) is 2. The summed E-state index contributed by atoms with van der Waals surface area (Å²) in [5.74, 6) is -1.13. The van der Waals surface area contributed by atoms with Crippen molar-refractivity contribution in [3.05, 3.63) is 35.6 Å². The van der Waals surface area contributed by atoms with E-state index in [4.69, 9.17) is 5.11 Å². The number of rotatable bonds is 4. The monoisotopic (exact) mass is 238 g/mol. The zero-order chi connectivity index (χ0) is 12.5. The fraction of sp³-hybridized carbons (Fsp3) is 0.462. The van der Waals surface area contributed by atoms with Gasteiger partial charge in [-0.3, -0.25) is 4.79 Å². The van der Waals surface area contributed by atoms with E-state index < -0.39 is 17.5 Å². The molecule has 92 valence electrons. The number of carbonyl (C=O) groups is 1. The van der Waals surface area contributed by atoms with Crippen LogP contribution in [0.3, 0.4) is 0 Å². The van der Waals surface area contributed by atoms with Crippen molar-refractivity contribution in [2.75, 3.05) is 0 Å². The van der Waals surface area contributed by atoms with Gasteiger partial charge in [-0.15, -0.1) is 0 Å². The summed E-state index contributed by atoms with van der Waals surface area (Å²) in [5, 5.41) is 18.4. The Kier molecular flexibility index (Phi) is 3.15. The molecule has 1 fully saturated rings. The average Bonchev–Trinajstić information content (AvgIpc) is 2.24. The third-order valence-electron chi connectivity index (χ3n) is 3.51. The van der Waals surface area contributed by atoms with Crippen LogP contribution < -0.4 is 0 Å². The summed E-state index contributed by atoms with van der Waals surface area (Å²) in [5.41, 5.74) is 0.141. The van der Waals surface area contributed by atoms with Gasteiger partial charge in [0.05, 0.1) is 11.5 Å². The van der Waals surface area contributed by atoms with E-state index in [1.165, 1.54) is 12.1 Å². The van der Waals surface area contributed by atoms with E-state index in [0.717, 1.165) is 5.56 Å². The Morgan fingerprint density at radius 1 is 1.35 bits per heavy atom. The summed E-state index contributed by atoms with van der Waals surface area (Å²) in [4.78, 5) is 11.2. The normalized spacial score (nSPS) is 27.5. The van der Waals surface area contributed by atoms with Crippen LogP contribution in [0.15, 0.2) is 24.3 Å². The number of aliphatic hydroxyl groups is 1. The molecule has 17 heavy (non-hydrogen) atoms. The fourth-order valence-electron chi connectivity index (χ4n) is 2.36. The lowest BCUT2D eigenvalue weighted by Crippen LogP contribution is -2.47. The summed E-state index contributed by atoms with van der Waals surface area (Å²) in [6, 6.07) is 6.08. The third-order valence-corrected chi connectivity index (χ3v) is 3.51. The van der Waals surface area contributed by atoms with E-state index >= 15 is 0 Å². The lowest BCUT2D eigenvalue weighted by Gasteiger charge is -2.41. The summed E-state index contributed by atoms with van der Waals surface area (Å²) < 4.78 is 12.7. The minimum atomic E-state index is -0.843. The number of aryl methyl sites for hydroxylation is 1. The molecule has 0 bridgehead atoms. The molecule has 1 aromatic carbocycles.